The van der Waals surface area contributed by atoms with Gasteiger partial charge in [-0.15, -0.1) is 0 Å². The molecule has 0 atom stereocenters. The third-order valence-electron chi connectivity index (χ3n) is 2.61. The van der Waals surface area contributed by atoms with Crippen LogP contribution in [-0.2, 0) is 4.79 Å². The molecular formula is C15H16O6. The summed E-state index contributed by atoms with van der Waals surface area (Å²) in [6, 6.07) is 4.71. The van der Waals surface area contributed by atoms with Gasteiger partial charge in [-0.05, 0) is 26.0 Å². The Bertz CT molecular complexity index is 729. The molecule has 0 radical (unpaired) electrons. The van der Waals surface area contributed by atoms with Crippen LogP contribution in [0.1, 0.15) is 20.8 Å². The highest BCUT2D eigenvalue weighted by molar-refractivity contribution is 5.87. The summed E-state index contributed by atoms with van der Waals surface area (Å²) in [5, 5.41) is 0.566. The quantitative estimate of drug-likeness (QED) is 0.489. The van der Waals surface area contributed by atoms with Gasteiger partial charge in [0.25, 0.3) is 0 Å². The van der Waals surface area contributed by atoms with Gasteiger partial charge in [0.05, 0.1) is 18.6 Å². The zero-order valence-electron chi connectivity index (χ0n) is 12.3. The Hall–Kier alpha value is -2.50. The molecule has 0 bridgehead atoms. The van der Waals surface area contributed by atoms with Crippen LogP contribution in [0.2, 0.25) is 0 Å². The second kappa shape index (κ2) is 5.87. The van der Waals surface area contributed by atoms with Crippen molar-refractivity contribution in [3.8, 4) is 17.2 Å². The molecule has 0 saturated carbocycles. The fourth-order valence-corrected chi connectivity index (χ4v) is 1.89. The summed E-state index contributed by atoms with van der Waals surface area (Å²) in [5.41, 5.74) is -0.393. The van der Waals surface area contributed by atoms with E-state index in [1.54, 1.807) is 12.1 Å². The van der Waals surface area contributed by atoms with E-state index in [4.69, 9.17) is 18.6 Å². The summed E-state index contributed by atoms with van der Waals surface area (Å²) in [5.74, 6) is 0.159. The number of ether oxygens (including phenoxy) is 3. The highest BCUT2D eigenvalue weighted by Gasteiger charge is 2.18. The molecular weight excluding hydrogens is 276 g/mol. The van der Waals surface area contributed by atoms with Crippen molar-refractivity contribution in [2.24, 2.45) is 0 Å². The average molecular weight is 292 g/mol. The number of carbonyl (C=O) groups is 1. The second-order valence-electron chi connectivity index (χ2n) is 4.67. The van der Waals surface area contributed by atoms with Crippen LogP contribution >= 0.6 is 0 Å². The molecule has 0 spiro atoms. The highest BCUT2D eigenvalue weighted by atomic mass is 16.5. The van der Waals surface area contributed by atoms with Crippen molar-refractivity contribution in [1.29, 1.82) is 0 Å². The molecule has 6 nitrogen and oxygen atoms in total. The van der Waals surface area contributed by atoms with Gasteiger partial charge in [-0.1, -0.05) is 0 Å². The third-order valence-corrected chi connectivity index (χ3v) is 2.61. The molecule has 2 rings (SSSR count). The van der Waals surface area contributed by atoms with Crippen LogP contribution in [0.5, 0.6) is 17.2 Å². The molecule has 0 aliphatic rings. The van der Waals surface area contributed by atoms with Crippen LogP contribution in [0, 0.1) is 0 Å². The van der Waals surface area contributed by atoms with Crippen molar-refractivity contribution in [1.82, 2.24) is 0 Å². The van der Waals surface area contributed by atoms with E-state index in [0.717, 1.165) is 0 Å². The largest absolute Gasteiger partial charge is 0.487 e. The van der Waals surface area contributed by atoms with Crippen molar-refractivity contribution in [2.75, 3.05) is 7.11 Å². The molecule has 112 valence electrons. The van der Waals surface area contributed by atoms with Crippen molar-refractivity contribution >= 4 is 16.9 Å². The SMILES string of the molecule is COc1c(OC(C)C)c2ccc(OC(C)=O)cc2oc1=O. The van der Waals surface area contributed by atoms with Gasteiger partial charge in [0.2, 0.25) is 5.75 Å². The highest BCUT2D eigenvalue weighted by Crippen LogP contribution is 2.35. The summed E-state index contributed by atoms with van der Waals surface area (Å²) in [6.07, 6.45) is -0.142. The molecule has 21 heavy (non-hydrogen) atoms. The van der Waals surface area contributed by atoms with Crippen molar-refractivity contribution in [2.45, 2.75) is 26.9 Å². The number of benzene rings is 1. The molecule has 0 fully saturated rings. The van der Waals surface area contributed by atoms with Crippen molar-refractivity contribution in [3.05, 3.63) is 28.6 Å². The van der Waals surface area contributed by atoms with Gasteiger partial charge in [0.15, 0.2) is 5.75 Å². The summed E-state index contributed by atoms with van der Waals surface area (Å²) in [4.78, 5) is 22.9. The van der Waals surface area contributed by atoms with E-state index in [1.807, 2.05) is 13.8 Å². The monoisotopic (exact) mass is 292 g/mol. The zero-order chi connectivity index (χ0) is 15.6. The lowest BCUT2D eigenvalue weighted by Crippen LogP contribution is -2.12. The first kappa shape index (κ1) is 14.9. The van der Waals surface area contributed by atoms with Crippen LogP contribution in [0.25, 0.3) is 11.0 Å². The minimum absolute atomic E-state index is 0.0106. The van der Waals surface area contributed by atoms with Crippen LogP contribution in [0.4, 0.5) is 0 Å². The molecule has 2 aromatic rings. The van der Waals surface area contributed by atoms with Gasteiger partial charge in [-0.3, -0.25) is 4.79 Å². The average Bonchev–Trinajstić information content (AvgIpc) is 2.37. The summed E-state index contributed by atoms with van der Waals surface area (Å²) in [7, 11) is 1.37. The Kier molecular flexibility index (Phi) is 4.16. The molecule has 0 unspecified atom stereocenters. The maximum absolute atomic E-state index is 11.9. The fraction of sp³-hybridized carbons (Fsp3) is 0.333. The lowest BCUT2D eigenvalue weighted by molar-refractivity contribution is -0.131. The van der Waals surface area contributed by atoms with Gasteiger partial charge >= 0.3 is 11.6 Å². The van der Waals surface area contributed by atoms with E-state index in [-0.39, 0.29) is 17.4 Å². The van der Waals surface area contributed by atoms with Crippen LogP contribution in [-0.4, -0.2) is 19.2 Å². The van der Waals surface area contributed by atoms with E-state index < -0.39 is 11.6 Å². The van der Waals surface area contributed by atoms with Gasteiger partial charge in [0.1, 0.15) is 11.3 Å². The fourth-order valence-electron chi connectivity index (χ4n) is 1.89. The normalized spacial score (nSPS) is 10.7. The number of esters is 1. The maximum atomic E-state index is 11.9. The first-order valence-corrected chi connectivity index (χ1v) is 6.42. The van der Waals surface area contributed by atoms with E-state index in [9.17, 15) is 9.59 Å². The number of carbonyl (C=O) groups excluding carboxylic acids is 1. The molecule has 1 heterocycles. The predicted octanol–water partition coefficient (Wildman–Crippen LogP) is 2.51. The van der Waals surface area contributed by atoms with Crippen LogP contribution in [0.15, 0.2) is 27.4 Å². The van der Waals surface area contributed by atoms with E-state index in [1.165, 1.54) is 20.1 Å². The maximum Gasteiger partial charge on any atom is 0.383 e. The number of hydrogen-bond acceptors (Lipinski definition) is 6. The Labute approximate surface area is 121 Å². The van der Waals surface area contributed by atoms with Crippen molar-refractivity contribution < 1.29 is 23.4 Å². The molecule has 0 aliphatic carbocycles. The number of methoxy groups -OCH3 is 1. The Morgan fingerprint density at radius 2 is 1.95 bits per heavy atom. The van der Waals surface area contributed by atoms with Crippen molar-refractivity contribution in [3.63, 3.8) is 0 Å². The first-order valence-electron chi connectivity index (χ1n) is 6.42. The molecule has 0 amide bonds. The number of hydrogen-bond donors (Lipinski definition) is 0. The standard InChI is InChI=1S/C15H16O6/c1-8(2)19-13-11-6-5-10(20-9(3)16)7-12(11)21-15(17)14(13)18-4/h5-8H,1-4H3. The Balaban J connectivity index is 2.66. The summed E-state index contributed by atoms with van der Waals surface area (Å²) in [6.45, 7) is 4.97. The molecule has 1 aromatic carbocycles. The minimum atomic E-state index is -0.652. The van der Waals surface area contributed by atoms with E-state index in [2.05, 4.69) is 0 Å². The van der Waals surface area contributed by atoms with Gasteiger partial charge < -0.3 is 18.6 Å². The number of fused-ring (bicyclic) bond motifs is 1. The minimum Gasteiger partial charge on any atom is -0.487 e. The van der Waals surface area contributed by atoms with Gasteiger partial charge in [-0.25, -0.2) is 4.79 Å². The third kappa shape index (κ3) is 3.16. The summed E-state index contributed by atoms with van der Waals surface area (Å²) < 4.78 is 20.9. The van der Waals surface area contributed by atoms with Gasteiger partial charge in [0, 0.05) is 13.0 Å². The van der Waals surface area contributed by atoms with Crippen LogP contribution < -0.4 is 19.8 Å². The molecule has 0 aliphatic heterocycles. The van der Waals surface area contributed by atoms with E-state index >= 15 is 0 Å². The lowest BCUT2D eigenvalue weighted by Gasteiger charge is -2.14. The second-order valence-corrected chi connectivity index (χ2v) is 4.67. The topological polar surface area (TPSA) is 75.0 Å². The number of rotatable bonds is 4. The lowest BCUT2D eigenvalue weighted by atomic mass is 10.2. The molecule has 6 heteroatoms. The Morgan fingerprint density at radius 3 is 2.52 bits per heavy atom. The predicted molar refractivity (Wildman–Crippen MR) is 76.1 cm³/mol. The summed E-state index contributed by atoms with van der Waals surface area (Å²) >= 11 is 0. The molecule has 0 saturated heterocycles. The molecule has 0 N–H and O–H groups in total. The molecule has 1 aromatic heterocycles. The van der Waals surface area contributed by atoms with Gasteiger partial charge in [-0.2, -0.15) is 0 Å². The Morgan fingerprint density at radius 1 is 1.24 bits per heavy atom. The van der Waals surface area contributed by atoms with E-state index in [0.29, 0.717) is 16.9 Å². The zero-order valence-corrected chi connectivity index (χ0v) is 12.3. The van der Waals surface area contributed by atoms with Crippen LogP contribution in [0.3, 0.4) is 0 Å². The smallest absolute Gasteiger partial charge is 0.383 e. The first-order chi connectivity index (χ1) is 9.92.